The molecule has 1 spiro atoms. The minimum absolute atomic E-state index is 0. The second-order valence-corrected chi connectivity index (χ2v) is 8.16. The fraction of sp³-hybridized carbons (Fsp3) is 0.611. The molecular weight excluding hydrogens is 433 g/mol. The van der Waals surface area contributed by atoms with Crippen LogP contribution in [0.2, 0.25) is 0 Å². The number of aliphatic imine (C=N–C) groups is 1. The summed E-state index contributed by atoms with van der Waals surface area (Å²) in [4.78, 5) is 8.20. The van der Waals surface area contributed by atoms with E-state index in [0.717, 1.165) is 38.8 Å². The van der Waals surface area contributed by atoms with Crippen LogP contribution in [-0.2, 0) is 4.74 Å². The second kappa shape index (κ2) is 9.29. The van der Waals surface area contributed by atoms with Gasteiger partial charge in [0.25, 0.3) is 0 Å². The first-order valence-corrected chi connectivity index (χ1v) is 9.34. The summed E-state index contributed by atoms with van der Waals surface area (Å²) >= 11 is 1.90. The highest BCUT2D eigenvalue weighted by Crippen LogP contribution is 2.38. The van der Waals surface area contributed by atoms with E-state index in [1.807, 2.05) is 18.8 Å². The second-order valence-electron chi connectivity index (χ2n) is 6.64. The van der Waals surface area contributed by atoms with E-state index in [0.29, 0.717) is 10.7 Å². The fourth-order valence-corrected chi connectivity index (χ4v) is 4.37. The van der Waals surface area contributed by atoms with Crippen LogP contribution in [0.5, 0.6) is 0 Å². The van der Waals surface area contributed by atoms with Crippen molar-refractivity contribution in [2.24, 2.45) is 10.4 Å². The minimum Gasteiger partial charge on any atom is -0.381 e. The summed E-state index contributed by atoms with van der Waals surface area (Å²) in [5.41, 5.74) is 0.377. The zero-order valence-corrected chi connectivity index (χ0v) is 17.7. The molecule has 1 aromatic carbocycles. The van der Waals surface area contributed by atoms with Gasteiger partial charge < -0.3 is 15.0 Å². The summed E-state index contributed by atoms with van der Waals surface area (Å²) in [5, 5.41) is 4.05. The molecule has 0 radical (unpaired) electrons. The average Bonchev–Trinajstić information content (AvgIpc) is 3.20. The summed E-state index contributed by atoms with van der Waals surface area (Å²) < 4.78 is 5.62. The molecule has 2 heterocycles. The number of likely N-dealkylation sites (tertiary alicyclic amines) is 1. The van der Waals surface area contributed by atoms with Crippen LogP contribution in [0, 0.1) is 5.41 Å². The molecule has 0 aliphatic carbocycles. The highest BCUT2D eigenvalue weighted by molar-refractivity contribution is 14.0. The summed E-state index contributed by atoms with van der Waals surface area (Å²) in [5.74, 6) is 1.04. The largest absolute Gasteiger partial charge is 0.381 e. The Hall–Kier alpha value is -0.470. The number of thioether (sulfide) groups is 1. The molecule has 0 amide bonds. The smallest absolute Gasteiger partial charge is 0.193 e. The lowest BCUT2D eigenvalue weighted by atomic mass is 9.87. The number of ether oxygens (including phenoxy) is 1. The molecule has 2 atom stereocenters. The zero-order valence-electron chi connectivity index (χ0n) is 14.5. The van der Waals surface area contributed by atoms with Crippen molar-refractivity contribution < 1.29 is 4.74 Å². The molecule has 6 heteroatoms. The lowest BCUT2D eigenvalue weighted by molar-refractivity contribution is 0.156. The van der Waals surface area contributed by atoms with Gasteiger partial charge in [-0.25, -0.2) is 0 Å². The van der Waals surface area contributed by atoms with E-state index in [9.17, 15) is 0 Å². The van der Waals surface area contributed by atoms with Gasteiger partial charge in [0.05, 0.1) is 6.61 Å². The van der Waals surface area contributed by atoms with Crippen LogP contribution in [0.1, 0.15) is 19.8 Å². The zero-order chi connectivity index (χ0) is 16.1. The van der Waals surface area contributed by atoms with Gasteiger partial charge in [-0.2, -0.15) is 0 Å². The van der Waals surface area contributed by atoms with E-state index in [1.54, 1.807) is 0 Å². The van der Waals surface area contributed by atoms with Crippen molar-refractivity contribution in [1.29, 1.82) is 0 Å². The molecule has 2 aliphatic rings. The van der Waals surface area contributed by atoms with Crippen LogP contribution in [0.25, 0.3) is 0 Å². The average molecular weight is 461 g/mol. The number of hydrogen-bond acceptors (Lipinski definition) is 3. The maximum atomic E-state index is 5.62. The van der Waals surface area contributed by atoms with Crippen molar-refractivity contribution in [3.8, 4) is 0 Å². The van der Waals surface area contributed by atoms with Crippen LogP contribution in [0.3, 0.4) is 0 Å². The number of hydrogen-bond donors (Lipinski definition) is 1. The van der Waals surface area contributed by atoms with Gasteiger partial charge in [-0.05, 0) is 25.0 Å². The van der Waals surface area contributed by atoms with Gasteiger partial charge in [-0.15, -0.1) is 35.7 Å². The van der Waals surface area contributed by atoms with E-state index >= 15 is 0 Å². The Labute approximate surface area is 166 Å². The van der Waals surface area contributed by atoms with Crippen molar-refractivity contribution in [3.05, 3.63) is 30.3 Å². The molecule has 1 aromatic rings. The van der Waals surface area contributed by atoms with Crippen LogP contribution in [0.4, 0.5) is 0 Å². The van der Waals surface area contributed by atoms with Crippen LogP contribution in [0.15, 0.2) is 40.2 Å². The fourth-order valence-electron chi connectivity index (χ4n) is 3.43. The van der Waals surface area contributed by atoms with Gasteiger partial charge in [0.15, 0.2) is 5.96 Å². The first-order chi connectivity index (χ1) is 11.2. The molecule has 0 aromatic heterocycles. The van der Waals surface area contributed by atoms with Crippen molar-refractivity contribution >= 4 is 41.7 Å². The van der Waals surface area contributed by atoms with Crippen molar-refractivity contribution in [3.63, 3.8) is 0 Å². The summed E-state index contributed by atoms with van der Waals surface area (Å²) in [6.07, 6.45) is 2.42. The highest BCUT2D eigenvalue weighted by Gasteiger charge is 2.42. The van der Waals surface area contributed by atoms with Gasteiger partial charge in [-0.3, -0.25) is 4.99 Å². The van der Waals surface area contributed by atoms with Gasteiger partial charge in [0, 0.05) is 48.8 Å². The molecule has 4 nitrogen and oxygen atoms in total. The van der Waals surface area contributed by atoms with E-state index in [2.05, 4.69) is 52.5 Å². The number of halogens is 1. The molecule has 2 fully saturated rings. The molecule has 2 aliphatic heterocycles. The number of benzene rings is 1. The SMILES string of the molecule is CN=C(NCC(C)Sc1ccccc1)N1CCC2(CCOC2)C1.I. The molecular formula is C18H28IN3OS. The summed E-state index contributed by atoms with van der Waals surface area (Å²) in [7, 11) is 1.88. The van der Waals surface area contributed by atoms with E-state index in [-0.39, 0.29) is 24.0 Å². The number of nitrogens with one attached hydrogen (secondary N) is 1. The van der Waals surface area contributed by atoms with E-state index in [4.69, 9.17) is 4.74 Å². The van der Waals surface area contributed by atoms with Crippen molar-refractivity contribution in [1.82, 2.24) is 10.2 Å². The Morgan fingerprint density at radius 1 is 1.38 bits per heavy atom. The standard InChI is InChI=1S/C18H27N3OS.HI/c1-15(23-16-6-4-3-5-7-16)12-20-17(19-2)21-10-8-18(13-21)9-11-22-14-18;/h3-7,15H,8-14H2,1-2H3,(H,19,20);1H. The quantitative estimate of drug-likeness (QED) is 0.323. The van der Waals surface area contributed by atoms with Gasteiger partial charge in [0.1, 0.15) is 0 Å². The minimum atomic E-state index is 0. The molecule has 0 bridgehead atoms. The maximum Gasteiger partial charge on any atom is 0.193 e. The van der Waals surface area contributed by atoms with Gasteiger partial charge >= 0.3 is 0 Å². The first kappa shape index (κ1) is 19.8. The van der Waals surface area contributed by atoms with Crippen LogP contribution in [-0.4, -0.2) is 56.0 Å². The maximum absolute atomic E-state index is 5.62. The van der Waals surface area contributed by atoms with Gasteiger partial charge in [0.2, 0.25) is 0 Å². The van der Waals surface area contributed by atoms with Crippen molar-refractivity contribution in [2.45, 2.75) is 29.9 Å². The van der Waals surface area contributed by atoms with Crippen molar-refractivity contribution in [2.75, 3.05) is 39.9 Å². The molecule has 0 saturated carbocycles. The Kier molecular flexibility index (Phi) is 7.68. The van der Waals surface area contributed by atoms with E-state index in [1.165, 1.54) is 17.7 Å². The molecule has 134 valence electrons. The number of nitrogens with zero attached hydrogens (tertiary/aromatic N) is 2. The molecule has 24 heavy (non-hydrogen) atoms. The van der Waals surface area contributed by atoms with Gasteiger partial charge in [-0.1, -0.05) is 25.1 Å². The number of guanidine groups is 1. The Balaban J connectivity index is 0.00000208. The third kappa shape index (κ3) is 5.02. The third-order valence-electron chi connectivity index (χ3n) is 4.76. The Bertz CT molecular complexity index is 534. The lowest BCUT2D eigenvalue weighted by Gasteiger charge is -2.25. The molecule has 3 rings (SSSR count). The predicted molar refractivity (Wildman–Crippen MR) is 113 cm³/mol. The third-order valence-corrected chi connectivity index (χ3v) is 5.88. The predicted octanol–water partition coefficient (Wildman–Crippen LogP) is 3.47. The Morgan fingerprint density at radius 2 is 2.17 bits per heavy atom. The highest BCUT2D eigenvalue weighted by atomic mass is 127. The topological polar surface area (TPSA) is 36.9 Å². The summed E-state index contributed by atoms with van der Waals surface area (Å²) in [6, 6.07) is 10.6. The van der Waals surface area contributed by atoms with Crippen LogP contribution < -0.4 is 5.32 Å². The normalized spacial score (nSPS) is 24.9. The lowest BCUT2D eigenvalue weighted by Crippen LogP contribution is -2.43. The molecule has 1 N–H and O–H groups in total. The first-order valence-electron chi connectivity index (χ1n) is 8.46. The monoisotopic (exact) mass is 461 g/mol. The summed E-state index contributed by atoms with van der Waals surface area (Å²) in [6.45, 7) is 7.18. The number of rotatable bonds is 4. The molecule has 2 saturated heterocycles. The molecule has 2 unspecified atom stereocenters. The van der Waals surface area contributed by atoms with E-state index < -0.39 is 0 Å². The Morgan fingerprint density at radius 3 is 2.83 bits per heavy atom. The van der Waals surface area contributed by atoms with Crippen LogP contribution >= 0.6 is 35.7 Å².